The molecule has 1 heterocycles. The number of carbonyl (C=O) groups is 4. The van der Waals surface area contributed by atoms with E-state index in [1.807, 2.05) is 5.32 Å². The van der Waals surface area contributed by atoms with Gasteiger partial charge in [-0.1, -0.05) is 0 Å². The maximum Gasteiger partial charge on any atom is 0.326 e. The topological polar surface area (TPSA) is 188 Å². The third kappa shape index (κ3) is 5.68. The molecule has 138 valence electrons. The molecule has 11 heteroatoms. The number of aliphatic hydroxyl groups excluding tert-OH is 1. The van der Waals surface area contributed by atoms with E-state index in [9.17, 15) is 29.1 Å². The molecule has 0 bridgehead atoms. The van der Waals surface area contributed by atoms with E-state index in [1.165, 1.54) is 6.92 Å². The fourth-order valence-corrected chi connectivity index (χ4v) is 2.28. The van der Waals surface area contributed by atoms with Crippen molar-refractivity contribution >= 4 is 29.6 Å². The molecule has 0 spiro atoms. The van der Waals surface area contributed by atoms with Gasteiger partial charge < -0.3 is 31.9 Å². The number of amides is 3. The summed E-state index contributed by atoms with van der Waals surface area (Å²) in [6.45, 7) is 1.60. The maximum atomic E-state index is 12.2. The molecule has 0 radical (unpaired) electrons. The second-order valence-corrected chi connectivity index (χ2v) is 5.56. The summed E-state index contributed by atoms with van der Waals surface area (Å²) in [6, 6.07) is -4.07. The molecule has 1 saturated heterocycles. The molecule has 25 heavy (non-hydrogen) atoms. The number of primary amides is 1. The average molecular weight is 356 g/mol. The molecule has 1 fully saturated rings. The molecule has 3 amide bonds. The number of carbonyl (C=O) groups excluding carboxylic acids is 4. The predicted molar refractivity (Wildman–Crippen MR) is 82.6 cm³/mol. The van der Waals surface area contributed by atoms with E-state index in [1.54, 1.807) is 5.94 Å². The Morgan fingerprint density at radius 3 is 2.48 bits per heavy atom. The van der Waals surface area contributed by atoms with Crippen molar-refractivity contribution in [3.63, 3.8) is 0 Å². The van der Waals surface area contributed by atoms with Crippen LogP contribution in [0.2, 0.25) is 0 Å². The molecule has 0 aromatic carbocycles. The van der Waals surface area contributed by atoms with Gasteiger partial charge in [0.2, 0.25) is 17.7 Å². The highest BCUT2D eigenvalue weighted by atomic mass is 16.4. The number of aliphatic carboxylic acids is 1. The Morgan fingerprint density at radius 2 is 2.00 bits per heavy atom. The summed E-state index contributed by atoms with van der Waals surface area (Å²) in [5.74, 6) is -2.54. The van der Waals surface area contributed by atoms with E-state index < -0.39 is 54.3 Å². The van der Waals surface area contributed by atoms with Crippen LogP contribution in [0.25, 0.3) is 0 Å². The van der Waals surface area contributed by atoms with Gasteiger partial charge in [0.25, 0.3) is 0 Å². The Kier molecular flexibility index (Phi) is 7.24. The number of carboxylic acids is 1. The molecule has 0 saturated carbocycles. The number of aliphatic hydroxyl groups is 1. The fraction of sp³-hybridized carbons (Fsp3) is 0.571. The van der Waals surface area contributed by atoms with Crippen molar-refractivity contribution in [2.45, 2.75) is 44.0 Å². The summed E-state index contributed by atoms with van der Waals surface area (Å²) in [7, 11) is 0. The first-order valence-electron chi connectivity index (χ1n) is 7.44. The van der Waals surface area contributed by atoms with Gasteiger partial charge in [-0.3, -0.25) is 14.4 Å². The average Bonchev–Trinajstić information content (AvgIpc) is 2.99. The lowest BCUT2D eigenvalue weighted by Gasteiger charge is -2.24. The van der Waals surface area contributed by atoms with Gasteiger partial charge in [-0.05, 0) is 13.3 Å². The molecule has 1 aliphatic heterocycles. The number of nitrogens with one attached hydrogen (secondary N) is 3. The van der Waals surface area contributed by atoms with E-state index in [4.69, 9.17) is 10.8 Å². The first-order chi connectivity index (χ1) is 11.7. The molecule has 4 atom stereocenters. The first kappa shape index (κ1) is 20.3. The molecule has 11 nitrogen and oxygen atoms in total. The first-order valence-corrected chi connectivity index (χ1v) is 7.44. The summed E-state index contributed by atoms with van der Waals surface area (Å²) in [5, 5.41) is 25.7. The molecule has 1 rings (SSSR count). The van der Waals surface area contributed by atoms with Gasteiger partial charge in [0.05, 0.1) is 12.5 Å². The largest absolute Gasteiger partial charge is 0.480 e. The molecule has 0 aromatic heterocycles. The minimum absolute atomic E-state index is 0.180. The smallest absolute Gasteiger partial charge is 0.326 e. The summed E-state index contributed by atoms with van der Waals surface area (Å²) in [4.78, 5) is 57.0. The van der Waals surface area contributed by atoms with Crippen LogP contribution in [0.5, 0.6) is 0 Å². The quantitative estimate of drug-likeness (QED) is 0.241. The summed E-state index contributed by atoms with van der Waals surface area (Å²) in [6.07, 6.45) is -1.69. The summed E-state index contributed by atoms with van der Waals surface area (Å²) >= 11 is 0. The minimum Gasteiger partial charge on any atom is -0.480 e. The van der Waals surface area contributed by atoms with Gasteiger partial charge in [-0.25, -0.2) is 9.59 Å². The standard InChI is InChI=1S/C14H20N4O7/c1-6(20)10(12(22)17-8(14(24)25)4-9(15)21)18-13(23)11-7(5-19)2-3-16-11/h6,8,10-11,16,20H,2-4H2,1H3,(H2,15,21)(H,17,22)(H,18,23)(H,24,25)/t6-,8+,10+,11+/m1/s1. The van der Waals surface area contributed by atoms with E-state index in [0.29, 0.717) is 13.0 Å². The van der Waals surface area contributed by atoms with Crippen LogP contribution in [-0.2, 0) is 24.0 Å². The normalized spacial score (nSPS) is 20.1. The zero-order chi connectivity index (χ0) is 19.1. The minimum atomic E-state index is -1.60. The lowest BCUT2D eigenvalue weighted by Crippen LogP contribution is -2.58. The molecule has 0 unspecified atom stereocenters. The molecule has 1 aliphatic rings. The third-order valence-electron chi connectivity index (χ3n) is 3.57. The van der Waals surface area contributed by atoms with Crippen LogP contribution in [-0.4, -0.2) is 70.6 Å². The lowest BCUT2D eigenvalue weighted by atomic mass is 10.1. The van der Waals surface area contributed by atoms with Gasteiger partial charge in [0, 0.05) is 12.1 Å². The van der Waals surface area contributed by atoms with Gasteiger partial charge in [0.1, 0.15) is 24.1 Å². The van der Waals surface area contributed by atoms with E-state index >= 15 is 0 Å². The SMILES string of the molecule is C[C@@H](O)[C@H](NC(=O)[C@H]1NCCC1=C=O)C(=O)N[C@@H](CC(N)=O)C(=O)O. The van der Waals surface area contributed by atoms with E-state index in [0.717, 1.165) is 0 Å². The molecular weight excluding hydrogens is 336 g/mol. The van der Waals surface area contributed by atoms with Crippen molar-refractivity contribution in [1.82, 2.24) is 16.0 Å². The highest BCUT2D eigenvalue weighted by molar-refractivity contribution is 5.95. The molecule has 0 aromatic rings. The number of hydrogen-bond donors (Lipinski definition) is 6. The Balaban J connectivity index is 2.82. The molecule has 7 N–H and O–H groups in total. The van der Waals surface area contributed by atoms with Crippen LogP contribution in [0.3, 0.4) is 0 Å². The third-order valence-corrected chi connectivity index (χ3v) is 3.57. The lowest BCUT2D eigenvalue weighted by molar-refractivity contribution is -0.144. The molecular formula is C14H20N4O7. The number of rotatable bonds is 8. The Labute approximate surface area is 142 Å². The summed E-state index contributed by atoms with van der Waals surface area (Å²) < 4.78 is 0. The van der Waals surface area contributed by atoms with Crippen LogP contribution >= 0.6 is 0 Å². The monoisotopic (exact) mass is 356 g/mol. The summed E-state index contributed by atoms with van der Waals surface area (Å²) in [5.41, 5.74) is 5.10. The van der Waals surface area contributed by atoms with Crippen LogP contribution < -0.4 is 21.7 Å². The number of hydrogen-bond acceptors (Lipinski definition) is 7. The maximum absolute atomic E-state index is 12.2. The van der Waals surface area contributed by atoms with Gasteiger partial charge in [0.15, 0.2) is 0 Å². The van der Waals surface area contributed by atoms with Crippen LogP contribution in [0.15, 0.2) is 5.57 Å². The van der Waals surface area contributed by atoms with Gasteiger partial charge in [-0.2, -0.15) is 0 Å². The second-order valence-electron chi connectivity index (χ2n) is 5.56. The van der Waals surface area contributed by atoms with Crippen molar-refractivity contribution in [2.24, 2.45) is 5.73 Å². The Bertz CT molecular complexity index is 612. The van der Waals surface area contributed by atoms with Crippen LogP contribution in [0.4, 0.5) is 0 Å². The van der Waals surface area contributed by atoms with Crippen LogP contribution in [0.1, 0.15) is 19.8 Å². The zero-order valence-corrected chi connectivity index (χ0v) is 13.4. The van der Waals surface area contributed by atoms with Crippen LogP contribution in [0, 0.1) is 0 Å². The highest BCUT2D eigenvalue weighted by Gasteiger charge is 2.34. The Hall–Kier alpha value is -2.75. The van der Waals surface area contributed by atoms with Gasteiger partial charge >= 0.3 is 5.97 Å². The highest BCUT2D eigenvalue weighted by Crippen LogP contribution is 2.11. The molecule has 0 aliphatic carbocycles. The predicted octanol–water partition coefficient (Wildman–Crippen LogP) is -3.58. The van der Waals surface area contributed by atoms with E-state index in [-0.39, 0.29) is 5.57 Å². The number of carboxylic acid groups (broad SMARTS) is 1. The number of nitrogens with two attached hydrogens (primary N) is 1. The second kappa shape index (κ2) is 8.92. The van der Waals surface area contributed by atoms with Gasteiger partial charge in [-0.15, -0.1) is 0 Å². The van der Waals surface area contributed by atoms with Crippen molar-refractivity contribution in [3.8, 4) is 0 Å². The van der Waals surface area contributed by atoms with Crippen molar-refractivity contribution in [2.75, 3.05) is 6.54 Å². The Morgan fingerprint density at radius 1 is 1.36 bits per heavy atom. The van der Waals surface area contributed by atoms with Crippen molar-refractivity contribution in [1.29, 1.82) is 0 Å². The van der Waals surface area contributed by atoms with E-state index in [2.05, 4.69) is 10.6 Å². The zero-order valence-electron chi connectivity index (χ0n) is 13.4. The van der Waals surface area contributed by atoms with Crippen molar-refractivity contribution in [3.05, 3.63) is 5.57 Å². The van der Waals surface area contributed by atoms with Crippen molar-refractivity contribution < 1.29 is 34.2 Å². The fourth-order valence-electron chi connectivity index (χ4n) is 2.28.